The van der Waals surface area contributed by atoms with Gasteiger partial charge in [-0.15, -0.1) is 0 Å². The average Bonchev–Trinajstić information content (AvgIpc) is 2.26. The summed E-state index contributed by atoms with van der Waals surface area (Å²) < 4.78 is 5.46. The summed E-state index contributed by atoms with van der Waals surface area (Å²) >= 11 is 0. The van der Waals surface area contributed by atoms with E-state index in [1.165, 1.54) is 0 Å². The zero-order chi connectivity index (χ0) is 10.7. The standard InChI is InChI=1S/C12H10O3/c13-12(14)6-5-9-7-10-3-1-2-4-11(10)15-8-9/h1-7H,8H2,(H,13,14)/b6-5+. The molecule has 0 atom stereocenters. The van der Waals surface area contributed by atoms with E-state index < -0.39 is 5.97 Å². The Morgan fingerprint density at radius 1 is 1.40 bits per heavy atom. The van der Waals surface area contributed by atoms with Gasteiger partial charge in [-0.3, -0.25) is 0 Å². The summed E-state index contributed by atoms with van der Waals surface area (Å²) in [7, 11) is 0. The van der Waals surface area contributed by atoms with Crippen molar-refractivity contribution in [3.05, 3.63) is 47.6 Å². The third-order valence-corrected chi connectivity index (χ3v) is 2.09. The quantitative estimate of drug-likeness (QED) is 0.747. The number of carboxylic acids is 1. The van der Waals surface area contributed by atoms with Crippen LogP contribution >= 0.6 is 0 Å². The highest BCUT2D eigenvalue weighted by Crippen LogP contribution is 2.25. The maximum absolute atomic E-state index is 10.3. The predicted octanol–water partition coefficient (Wildman–Crippen LogP) is 2.10. The van der Waals surface area contributed by atoms with E-state index >= 15 is 0 Å². The first-order valence-electron chi connectivity index (χ1n) is 4.59. The molecule has 0 aliphatic carbocycles. The number of hydrogen-bond donors (Lipinski definition) is 1. The number of aliphatic carboxylic acids is 1. The molecule has 0 saturated carbocycles. The van der Waals surface area contributed by atoms with Gasteiger partial charge in [0.2, 0.25) is 0 Å². The molecule has 76 valence electrons. The van der Waals surface area contributed by atoms with E-state index in [1.807, 2.05) is 30.3 Å². The lowest BCUT2D eigenvalue weighted by Crippen LogP contribution is -2.05. The lowest BCUT2D eigenvalue weighted by molar-refractivity contribution is -0.131. The normalized spacial score (nSPS) is 14.3. The number of rotatable bonds is 2. The second-order valence-corrected chi connectivity index (χ2v) is 3.22. The SMILES string of the molecule is O=C(O)/C=C/C1=Cc2ccccc2OC1. The Balaban J connectivity index is 2.25. The molecule has 0 aromatic heterocycles. The average molecular weight is 202 g/mol. The Morgan fingerprint density at radius 2 is 2.20 bits per heavy atom. The fourth-order valence-corrected chi connectivity index (χ4v) is 1.41. The molecule has 0 unspecified atom stereocenters. The van der Waals surface area contributed by atoms with Crippen molar-refractivity contribution in [2.24, 2.45) is 0 Å². The number of ether oxygens (including phenoxy) is 1. The molecular formula is C12H10O3. The summed E-state index contributed by atoms with van der Waals surface area (Å²) in [5.41, 5.74) is 1.84. The third-order valence-electron chi connectivity index (χ3n) is 2.09. The smallest absolute Gasteiger partial charge is 0.328 e. The van der Waals surface area contributed by atoms with Crippen LogP contribution in [0.2, 0.25) is 0 Å². The molecule has 15 heavy (non-hydrogen) atoms. The molecular weight excluding hydrogens is 192 g/mol. The Labute approximate surface area is 87.3 Å². The van der Waals surface area contributed by atoms with Crippen LogP contribution in [0, 0.1) is 0 Å². The van der Waals surface area contributed by atoms with Crippen LogP contribution in [-0.4, -0.2) is 17.7 Å². The molecule has 0 bridgehead atoms. The molecule has 1 aromatic carbocycles. The topological polar surface area (TPSA) is 46.5 Å². The second kappa shape index (κ2) is 4.00. The summed E-state index contributed by atoms with van der Waals surface area (Å²) in [5.74, 6) is -0.111. The second-order valence-electron chi connectivity index (χ2n) is 3.22. The summed E-state index contributed by atoms with van der Waals surface area (Å²) in [5, 5.41) is 8.48. The van der Waals surface area contributed by atoms with Crippen LogP contribution in [0.25, 0.3) is 6.08 Å². The maximum Gasteiger partial charge on any atom is 0.328 e. The van der Waals surface area contributed by atoms with E-state index in [0.29, 0.717) is 6.61 Å². The van der Waals surface area contributed by atoms with Gasteiger partial charge < -0.3 is 9.84 Å². The molecule has 0 amide bonds. The number of hydrogen-bond acceptors (Lipinski definition) is 2. The molecule has 0 fully saturated rings. The van der Waals surface area contributed by atoms with Gasteiger partial charge in [0.15, 0.2) is 0 Å². The van der Waals surface area contributed by atoms with Crippen molar-refractivity contribution < 1.29 is 14.6 Å². The molecule has 3 heteroatoms. The lowest BCUT2D eigenvalue weighted by atomic mass is 10.1. The zero-order valence-electron chi connectivity index (χ0n) is 8.01. The highest BCUT2D eigenvalue weighted by atomic mass is 16.5. The number of para-hydroxylation sites is 1. The summed E-state index contributed by atoms with van der Waals surface area (Å²) in [6.45, 7) is 0.417. The molecule has 0 saturated heterocycles. The Kier molecular flexibility index (Phi) is 2.54. The Bertz CT molecular complexity index is 444. The van der Waals surface area contributed by atoms with Gasteiger partial charge in [0.25, 0.3) is 0 Å². The third kappa shape index (κ3) is 2.26. The van der Waals surface area contributed by atoms with Crippen molar-refractivity contribution in [3.8, 4) is 5.75 Å². The fourth-order valence-electron chi connectivity index (χ4n) is 1.41. The number of carboxylic acid groups (broad SMARTS) is 1. The van der Waals surface area contributed by atoms with Gasteiger partial charge in [0.1, 0.15) is 12.4 Å². The minimum Gasteiger partial charge on any atom is -0.488 e. The minimum absolute atomic E-state index is 0.417. The maximum atomic E-state index is 10.3. The lowest BCUT2D eigenvalue weighted by Gasteiger charge is -2.15. The number of fused-ring (bicyclic) bond motifs is 1. The van der Waals surface area contributed by atoms with Gasteiger partial charge in [-0.25, -0.2) is 4.79 Å². The van der Waals surface area contributed by atoms with Crippen LogP contribution in [0.4, 0.5) is 0 Å². The zero-order valence-corrected chi connectivity index (χ0v) is 8.01. The minimum atomic E-state index is -0.949. The van der Waals surface area contributed by atoms with E-state index in [1.54, 1.807) is 6.08 Å². The van der Waals surface area contributed by atoms with Gasteiger partial charge >= 0.3 is 5.97 Å². The molecule has 1 aromatic rings. The summed E-state index contributed by atoms with van der Waals surface area (Å²) in [6, 6.07) is 7.65. The first-order valence-corrected chi connectivity index (χ1v) is 4.59. The van der Waals surface area contributed by atoms with Crippen LogP contribution in [0.15, 0.2) is 42.0 Å². The number of carbonyl (C=O) groups is 1. The van der Waals surface area contributed by atoms with E-state index in [4.69, 9.17) is 9.84 Å². The van der Waals surface area contributed by atoms with Crippen molar-refractivity contribution in [2.75, 3.05) is 6.61 Å². The van der Waals surface area contributed by atoms with E-state index in [0.717, 1.165) is 23.0 Å². The predicted molar refractivity (Wildman–Crippen MR) is 56.7 cm³/mol. The van der Waals surface area contributed by atoms with Crippen molar-refractivity contribution >= 4 is 12.0 Å². The van der Waals surface area contributed by atoms with Gasteiger partial charge in [0, 0.05) is 11.6 Å². The first-order chi connectivity index (χ1) is 7.25. The van der Waals surface area contributed by atoms with Crippen LogP contribution in [0.3, 0.4) is 0 Å². The van der Waals surface area contributed by atoms with Gasteiger partial charge in [-0.05, 0) is 23.8 Å². The van der Waals surface area contributed by atoms with Crippen LogP contribution in [-0.2, 0) is 4.79 Å². The Hall–Kier alpha value is -2.03. The Morgan fingerprint density at radius 3 is 3.00 bits per heavy atom. The monoisotopic (exact) mass is 202 g/mol. The fraction of sp³-hybridized carbons (Fsp3) is 0.0833. The van der Waals surface area contributed by atoms with Crippen LogP contribution in [0.1, 0.15) is 5.56 Å². The van der Waals surface area contributed by atoms with Gasteiger partial charge in [0.05, 0.1) is 0 Å². The van der Waals surface area contributed by atoms with Gasteiger partial charge in [-0.1, -0.05) is 18.2 Å². The largest absolute Gasteiger partial charge is 0.488 e. The van der Waals surface area contributed by atoms with Crippen molar-refractivity contribution in [1.82, 2.24) is 0 Å². The molecule has 1 N–H and O–H groups in total. The summed E-state index contributed by atoms with van der Waals surface area (Å²) in [4.78, 5) is 10.3. The first kappa shape index (κ1) is 9.52. The molecule has 2 rings (SSSR count). The van der Waals surface area contributed by atoms with E-state index in [2.05, 4.69) is 0 Å². The van der Waals surface area contributed by atoms with E-state index in [9.17, 15) is 4.79 Å². The summed E-state index contributed by atoms with van der Waals surface area (Å²) in [6.07, 6.45) is 4.60. The molecule has 1 aliphatic heterocycles. The van der Waals surface area contributed by atoms with Crippen LogP contribution < -0.4 is 4.74 Å². The number of benzene rings is 1. The highest BCUT2D eigenvalue weighted by molar-refractivity contribution is 5.81. The van der Waals surface area contributed by atoms with Crippen LogP contribution in [0.5, 0.6) is 5.75 Å². The molecule has 3 nitrogen and oxygen atoms in total. The van der Waals surface area contributed by atoms with Crippen molar-refractivity contribution in [1.29, 1.82) is 0 Å². The van der Waals surface area contributed by atoms with Crippen molar-refractivity contribution in [2.45, 2.75) is 0 Å². The van der Waals surface area contributed by atoms with Gasteiger partial charge in [-0.2, -0.15) is 0 Å². The highest BCUT2D eigenvalue weighted by Gasteiger charge is 2.08. The molecule has 0 radical (unpaired) electrons. The van der Waals surface area contributed by atoms with Crippen molar-refractivity contribution in [3.63, 3.8) is 0 Å². The molecule has 1 aliphatic rings. The molecule has 1 heterocycles. The molecule has 0 spiro atoms. The van der Waals surface area contributed by atoms with E-state index in [-0.39, 0.29) is 0 Å².